The van der Waals surface area contributed by atoms with Gasteiger partial charge in [0, 0.05) is 4.88 Å². The number of aryl methyl sites for hydroxylation is 1. The van der Waals surface area contributed by atoms with Gasteiger partial charge in [0.15, 0.2) is 0 Å². The summed E-state index contributed by atoms with van der Waals surface area (Å²) in [4.78, 5) is 1.41. The van der Waals surface area contributed by atoms with Crippen molar-refractivity contribution in [2.45, 2.75) is 52.5 Å². The van der Waals surface area contributed by atoms with Crippen molar-refractivity contribution in [3.05, 3.63) is 21.9 Å². The van der Waals surface area contributed by atoms with E-state index in [0.717, 1.165) is 0 Å². The lowest BCUT2D eigenvalue weighted by Crippen LogP contribution is -2.33. The fourth-order valence-corrected chi connectivity index (χ4v) is 3.43. The Balaban J connectivity index is 2.81. The molecule has 3 heteroatoms. The van der Waals surface area contributed by atoms with E-state index < -0.39 is 0 Å². The molecule has 3 N–H and O–H groups in total. The first-order valence-corrected chi connectivity index (χ1v) is 7.12. The van der Waals surface area contributed by atoms with Gasteiger partial charge in [0.2, 0.25) is 0 Å². The smallest absolute Gasteiger partial charge is 0.0584 e. The van der Waals surface area contributed by atoms with Gasteiger partial charge in [-0.3, -0.25) is 11.3 Å². The van der Waals surface area contributed by atoms with Gasteiger partial charge in [0.25, 0.3) is 0 Å². The van der Waals surface area contributed by atoms with Crippen LogP contribution in [0.3, 0.4) is 0 Å². The average Bonchev–Trinajstić information content (AvgIpc) is 2.67. The van der Waals surface area contributed by atoms with Gasteiger partial charge in [-0.05, 0) is 42.7 Å². The Kier molecular flexibility index (Phi) is 6.03. The number of hydrogen-bond acceptors (Lipinski definition) is 3. The molecule has 2 nitrogen and oxygen atoms in total. The molecule has 0 spiro atoms. The van der Waals surface area contributed by atoms with Crippen molar-refractivity contribution in [3.63, 3.8) is 0 Å². The van der Waals surface area contributed by atoms with E-state index in [-0.39, 0.29) is 0 Å². The van der Waals surface area contributed by atoms with Crippen LogP contribution >= 0.6 is 11.3 Å². The Hall–Kier alpha value is -0.380. The highest BCUT2D eigenvalue weighted by Gasteiger charge is 2.22. The van der Waals surface area contributed by atoms with E-state index in [2.05, 4.69) is 37.6 Å². The molecular weight excluding hydrogens is 216 g/mol. The standard InChI is InChI=1S/C13H24N2S/c1-4-6-11(7-5-2)12(15-14)13-10(3)8-9-16-13/h8-9,11-12,15H,4-7,14H2,1-3H3. The topological polar surface area (TPSA) is 38.0 Å². The van der Waals surface area contributed by atoms with Gasteiger partial charge in [-0.25, -0.2) is 0 Å². The Morgan fingerprint density at radius 3 is 2.31 bits per heavy atom. The number of hydrazine groups is 1. The molecule has 0 fully saturated rings. The van der Waals surface area contributed by atoms with E-state index in [1.165, 1.54) is 36.1 Å². The van der Waals surface area contributed by atoms with Gasteiger partial charge in [-0.2, -0.15) is 0 Å². The molecule has 1 aromatic heterocycles. The molecule has 1 rings (SSSR count). The molecule has 1 unspecified atom stereocenters. The predicted molar refractivity (Wildman–Crippen MR) is 72.4 cm³/mol. The molecule has 0 saturated heterocycles. The second kappa shape index (κ2) is 7.05. The first kappa shape index (κ1) is 13.7. The van der Waals surface area contributed by atoms with Crippen LogP contribution in [0.5, 0.6) is 0 Å². The van der Waals surface area contributed by atoms with Gasteiger partial charge >= 0.3 is 0 Å². The second-order valence-corrected chi connectivity index (χ2v) is 5.40. The minimum atomic E-state index is 0.333. The predicted octanol–water partition coefficient (Wildman–Crippen LogP) is 3.78. The lowest BCUT2D eigenvalue weighted by atomic mass is 9.89. The average molecular weight is 240 g/mol. The summed E-state index contributed by atoms with van der Waals surface area (Å²) < 4.78 is 0. The molecule has 92 valence electrons. The zero-order chi connectivity index (χ0) is 12.0. The molecule has 0 aliphatic rings. The Bertz CT molecular complexity index is 290. The van der Waals surface area contributed by atoms with Crippen LogP contribution in [0.25, 0.3) is 0 Å². The fourth-order valence-electron chi connectivity index (χ4n) is 2.35. The second-order valence-electron chi connectivity index (χ2n) is 4.45. The van der Waals surface area contributed by atoms with E-state index in [9.17, 15) is 0 Å². The summed E-state index contributed by atoms with van der Waals surface area (Å²) in [6, 6.07) is 2.51. The monoisotopic (exact) mass is 240 g/mol. The van der Waals surface area contributed by atoms with Gasteiger partial charge in [-0.15, -0.1) is 11.3 Å². The molecule has 0 aromatic carbocycles. The van der Waals surface area contributed by atoms with Crippen LogP contribution < -0.4 is 11.3 Å². The lowest BCUT2D eigenvalue weighted by molar-refractivity contribution is 0.322. The minimum Gasteiger partial charge on any atom is -0.271 e. The quantitative estimate of drug-likeness (QED) is 0.562. The summed E-state index contributed by atoms with van der Waals surface area (Å²) in [6.45, 7) is 6.67. The Morgan fingerprint density at radius 2 is 1.94 bits per heavy atom. The van der Waals surface area contributed by atoms with Crippen molar-refractivity contribution in [2.75, 3.05) is 0 Å². The first-order chi connectivity index (χ1) is 7.74. The molecule has 0 aliphatic carbocycles. The van der Waals surface area contributed by atoms with Crippen molar-refractivity contribution in [1.29, 1.82) is 0 Å². The third-order valence-corrected chi connectivity index (χ3v) is 4.26. The van der Waals surface area contributed by atoms with E-state index in [1.807, 2.05) is 11.3 Å². The first-order valence-electron chi connectivity index (χ1n) is 6.24. The molecule has 1 aromatic rings. The molecule has 16 heavy (non-hydrogen) atoms. The molecule has 0 amide bonds. The summed E-state index contributed by atoms with van der Waals surface area (Å²) in [6.07, 6.45) is 4.96. The maximum atomic E-state index is 5.75. The molecule has 0 aliphatic heterocycles. The van der Waals surface area contributed by atoms with Crippen LogP contribution in [0.4, 0.5) is 0 Å². The summed E-state index contributed by atoms with van der Waals surface area (Å²) in [7, 11) is 0. The van der Waals surface area contributed by atoms with E-state index in [1.54, 1.807) is 0 Å². The van der Waals surface area contributed by atoms with E-state index in [0.29, 0.717) is 12.0 Å². The largest absolute Gasteiger partial charge is 0.271 e. The van der Waals surface area contributed by atoms with Crippen molar-refractivity contribution in [2.24, 2.45) is 11.8 Å². The molecule has 1 heterocycles. The summed E-state index contributed by atoms with van der Waals surface area (Å²) in [5.41, 5.74) is 4.39. The molecule has 1 atom stereocenters. The maximum absolute atomic E-state index is 5.75. The number of hydrogen-bond donors (Lipinski definition) is 2. The number of nitrogens with one attached hydrogen (secondary N) is 1. The fraction of sp³-hybridized carbons (Fsp3) is 0.692. The van der Waals surface area contributed by atoms with Gasteiger partial charge in [-0.1, -0.05) is 26.7 Å². The highest BCUT2D eigenvalue weighted by Crippen LogP contribution is 2.33. The Labute approximate surface area is 103 Å². The number of rotatable bonds is 7. The van der Waals surface area contributed by atoms with Gasteiger partial charge in [0.05, 0.1) is 6.04 Å². The van der Waals surface area contributed by atoms with E-state index >= 15 is 0 Å². The van der Waals surface area contributed by atoms with Crippen molar-refractivity contribution in [1.82, 2.24) is 5.43 Å². The molecule has 0 saturated carbocycles. The SMILES string of the molecule is CCCC(CCC)C(NN)c1sccc1C. The van der Waals surface area contributed by atoms with Gasteiger partial charge in [0.1, 0.15) is 0 Å². The van der Waals surface area contributed by atoms with Crippen molar-refractivity contribution < 1.29 is 0 Å². The zero-order valence-corrected chi connectivity index (χ0v) is 11.4. The molecular formula is C13H24N2S. The molecule has 0 radical (unpaired) electrons. The highest BCUT2D eigenvalue weighted by atomic mass is 32.1. The van der Waals surface area contributed by atoms with E-state index in [4.69, 9.17) is 5.84 Å². The summed E-state index contributed by atoms with van der Waals surface area (Å²) >= 11 is 1.82. The van der Waals surface area contributed by atoms with Crippen LogP contribution in [0, 0.1) is 12.8 Å². The maximum Gasteiger partial charge on any atom is 0.0584 e. The van der Waals surface area contributed by atoms with Crippen LogP contribution in [-0.4, -0.2) is 0 Å². The summed E-state index contributed by atoms with van der Waals surface area (Å²) in [5.74, 6) is 6.42. The van der Waals surface area contributed by atoms with Crippen LogP contribution in [0.1, 0.15) is 56.0 Å². The third-order valence-electron chi connectivity index (χ3n) is 3.15. The minimum absolute atomic E-state index is 0.333. The third kappa shape index (κ3) is 3.30. The number of thiophene rings is 1. The number of nitrogens with two attached hydrogens (primary N) is 1. The summed E-state index contributed by atoms with van der Waals surface area (Å²) in [5, 5.41) is 2.16. The van der Waals surface area contributed by atoms with Crippen LogP contribution in [0.2, 0.25) is 0 Å². The van der Waals surface area contributed by atoms with Crippen molar-refractivity contribution in [3.8, 4) is 0 Å². The molecule has 0 bridgehead atoms. The van der Waals surface area contributed by atoms with Crippen LogP contribution in [-0.2, 0) is 0 Å². The Morgan fingerprint density at radius 1 is 1.31 bits per heavy atom. The lowest BCUT2D eigenvalue weighted by Gasteiger charge is -2.26. The van der Waals surface area contributed by atoms with Gasteiger partial charge < -0.3 is 0 Å². The zero-order valence-electron chi connectivity index (χ0n) is 10.6. The highest BCUT2D eigenvalue weighted by molar-refractivity contribution is 7.10. The van der Waals surface area contributed by atoms with Crippen molar-refractivity contribution >= 4 is 11.3 Å². The normalized spacial score (nSPS) is 13.3. The van der Waals surface area contributed by atoms with Crippen LogP contribution in [0.15, 0.2) is 11.4 Å².